The number of amides is 1. The summed E-state index contributed by atoms with van der Waals surface area (Å²) in [5.41, 5.74) is 7.66. The van der Waals surface area contributed by atoms with Crippen LogP contribution in [-0.2, 0) is 9.53 Å². The third-order valence-electron chi connectivity index (χ3n) is 3.27. The van der Waals surface area contributed by atoms with E-state index in [0.717, 1.165) is 10.0 Å². The maximum atomic E-state index is 12.2. The highest BCUT2D eigenvalue weighted by Gasteiger charge is 2.18. The second-order valence-electron chi connectivity index (χ2n) is 5.18. The SMILES string of the molecule is COc1cc(N)c(Cl)cc1C(=O)OCC(=O)Nc1ccc(C)cc1Br. The first-order chi connectivity index (χ1) is 11.8. The van der Waals surface area contributed by atoms with Crippen LogP contribution in [0.3, 0.4) is 0 Å². The average Bonchev–Trinajstić information content (AvgIpc) is 2.57. The van der Waals surface area contributed by atoms with Gasteiger partial charge in [0.05, 0.1) is 23.5 Å². The molecule has 0 bridgehead atoms. The molecular formula is C17H16BrClN2O4. The Morgan fingerprint density at radius 3 is 2.64 bits per heavy atom. The van der Waals surface area contributed by atoms with Gasteiger partial charge in [-0.25, -0.2) is 4.79 Å². The van der Waals surface area contributed by atoms with Crippen molar-refractivity contribution in [1.82, 2.24) is 0 Å². The zero-order valence-corrected chi connectivity index (χ0v) is 15.9. The van der Waals surface area contributed by atoms with E-state index in [1.54, 1.807) is 6.07 Å². The van der Waals surface area contributed by atoms with Crippen molar-refractivity contribution in [2.45, 2.75) is 6.92 Å². The Kier molecular flexibility index (Phi) is 6.27. The summed E-state index contributed by atoms with van der Waals surface area (Å²) in [7, 11) is 1.39. The third kappa shape index (κ3) is 4.87. The Hall–Kier alpha value is -2.25. The van der Waals surface area contributed by atoms with Crippen molar-refractivity contribution in [2.75, 3.05) is 24.8 Å². The number of rotatable bonds is 5. The summed E-state index contributed by atoms with van der Waals surface area (Å²) >= 11 is 9.27. The summed E-state index contributed by atoms with van der Waals surface area (Å²) in [5, 5.41) is 2.85. The van der Waals surface area contributed by atoms with Gasteiger partial charge in [-0.15, -0.1) is 0 Å². The van der Waals surface area contributed by atoms with Crippen molar-refractivity contribution < 1.29 is 19.1 Å². The quantitative estimate of drug-likeness (QED) is 0.559. The molecule has 132 valence electrons. The van der Waals surface area contributed by atoms with Gasteiger partial charge in [-0.1, -0.05) is 17.7 Å². The number of aryl methyl sites for hydroxylation is 1. The van der Waals surface area contributed by atoms with Crippen LogP contribution in [0.5, 0.6) is 5.75 Å². The van der Waals surface area contributed by atoms with Crippen molar-refractivity contribution in [3.8, 4) is 5.75 Å². The predicted octanol–water partition coefficient (Wildman–Crippen LogP) is 3.80. The number of esters is 1. The summed E-state index contributed by atoms with van der Waals surface area (Å²) in [6.07, 6.45) is 0. The first-order valence-electron chi connectivity index (χ1n) is 7.18. The molecule has 0 aliphatic heterocycles. The van der Waals surface area contributed by atoms with Crippen LogP contribution in [-0.4, -0.2) is 25.6 Å². The van der Waals surface area contributed by atoms with Crippen LogP contribution in [0.2, 0.25) is 5.02 Å². The first kappa shape index (κ1) is 19.1. The van der Waals surface area contributed by atoms with E-state index in [0.29, 0.717) is 5.69 Å². The molecule has 3 N–H and O–H groups in total. The lowest BCUT2D eigenvalue weighted by Gasteiger charge is -2.11. The minimum Gasteiger partial charge on any atom is -0.496 e. The van der Waals surface area contributed by atoms with Gasteiger partial charge in [0.25, 0.3) is 5.91 Å². The van der Waals surface area contributed by atoms with Crippen LogP contribution in [0.15, 0.2) is 34.8 Å². The van der Waals surface area contributed by atoms with Crippen LogP contribution >= 0.6 is 27.5 Å². The number of hydrogen-bond acceptors (Lipinski definition) is 5. The minimum absolute atomic E-state index is 0.0889. The highest BCUT2D eigenvalue weighted by molar-refractivity contribution is 9.10. The lowest BCUT2D eigenvalue weighted by molar-refractivity contribution is -0.119. The highest BCUT2D eigenvalue weighted by Crippen LogP contribution is 2.29. The van der Waals surface area contributed by atoms with E-state index >= 15 is 0 Å². The van der Waals surface area contributed by atoms with Crippen LogP contribution in [0.25, 0.3) is 0 Å². The fourth-order valence-corrected chi connectivity index (χ4v) is 2.77. The predicted molar refractivity (Wildman–Crippen MR) is 100 cm³/mol. The fourth-order valence-electron chi connectivity index (χ4n) is 2.01. The van der Waals surface area contributed by atoms with Crippen LogP contribution in [0, 0.1) is 6.92 Å². The number of carbonyl (C=O) groups is 2. The number of methoxy groups -OCH3 is 1. The number of nitrogen functional groups attached to an aromatic ring is 1. The Balaban J connectivity index is 2.02. The summed E-state index contributed by atoms with van der Waals surface area (Å²) < 4.78 is 10.8. The third-order valence-corrected chi connectivity index (χ3v) is 4.26. The van der Waals surface area contributed by atoms with E-state index in [9.17, 15) is 9.59 Å². The molecule has 0 radical (unpaired) electrons. The molecule has 0 aliphatic rings. The zero-order chi connectivity index (χ0) is 18.6. The van der Waals surface area contributed by atoms with Crippen molar-refractivity contribution in [3.05, 3.63) is 51.0 Å². The molecule has 25 heavy (non-hydrogen) atoms. The number of ether oxygens (including phenoxy) is 2. The van der Waals surface area contributed by atoms with Gasteiger partial charge in [0.2, 0.25) is 0 Å². The average molecular weight is 428 g/mol. The van der Waals surface area contributed by atoms with Crippen LogP contribution in [0.4, 0.5) is 11.4 Å². The summed E-state index contributed by atoms with van der Waals surface area (Å²) in [4.78, 5) is 24.1. The molecule has 0 heterocycles. The normalized spacial score (nSPS) is 10.2. The molecular weight excluding hydrogens is 412 g/mol. The molecule has 0 atom stereocenters. The largest absolute Gasteiger partial charge is 0.496 e. The number of nitrogens with one attached hydrogen (secondary N) is 1. The number of carbonyl (C=O) groups excluding carboxylic acids is 2. The van der Waals surface area contributed by atoms with Crippen molar-refractivity contribution in [1.29, 1.82) is 0 Å². The Morgan fingerprint density at radius 1 is 1.28 bits per heavy atom. The number of nitrogens with two attached hydrogens (primary N) is 1. The van der Waals surface area contributed by atoms with E-state index in [1.165, 1.54) is 19.2 Å². The van der Waals surface area contributed by atoms with E-state index in [4.69, 9.17) is 26.8 Å². The number of hydrogen-bond donors (Lipinski definition) is 2. The molecule has 1 amide bonds. The van der Waals surface area contributed by atoms with Crippen LogP contribution < -0.4 is 15.8 Å². The van der Waals surface area contributed by atoms with Gasteiger partial charge in [-0.2, -0.15) is 0 Å². The summed E-state index contributed by atoms with van der Waals surface area (Å²) in [6, 6.07) is 8.23. The minimum atomic E-state index is -0.739. The Bertz CT molecular complexity index is 827. The smallest absolute Gasteiger partial charge is 0.342 e. The second-order valence-corrected chi connectivity index (χ2v) is 6.44. The summed E-state index contributed by atoms with van der Waals surface area (Å²) in [5.74, 6) is -0.996. The van der Waals surface area contributed by atoms with Gasteiger partial charge in [-0.3, -0.25) is 4.79 Å². The van der Waals surface area contributed by atoms with E-state index < -0.39 is 18.5 Å². The topological polar surface area (TPSA) is 90.7 Å². The molecule has 0 saturated heterocycles. The zero-order valence-electron chi connectivity index (χ0n) is 13.6. The molecule has 0 aliphatic carbocycles. The van der Waals surface area contributed by atoms with Crippen molar-refractivity contribution in [2.24, 2.45) is 0 Å². The van der Waals surface area contributed by atoms with Gasteiger partial charge >= 0.3 is 5.97 Å². The Labute approximate surface area is 158 Å². The lowest BCUT2D eigenvalue weighted by Crippen LogP contribution is -2.21. The Morgan fingerprint density at radius 2 is 2.00 bits per heavy atom. The molecule has 0 saturated carbocycles. The summed E-state index contributed by atoms with van der Waals surface area (Å²) in [6.45, 7) is 1.48. The van der Waals surface area contributed by atoms with Gasteiger partial charge in [0.15, 0.2) is 6.61 Å². The highest BCUT2D eigenvalue weighted by atomic mass is 79.9. The maximum Gasteiger partial charge on any atom is 0.342 e. The van der Waals surface area contributed by atoms with Crippen molar-refractivity contribution in [3.63, 3.8) is 0 Å². The van der Waals surface area contributed by atoms with Gasteiger partial charge in [0, 0.05) is 10.5 Å². The maximum absolute atomic E-state index is 12.2. The van der Waals surface area contributed by atoms with E-state index in [-0.39, 0.29) is 22.0 Å². The van der Waals surface area contributed by atoms with E-state index in [1.807, 2.05) is 19.1 Å². The first-order valence-corrected chi connectivity index (χ1v) is 8.35. The van der Waals surface area contributed by atoms with E-state index in [2.05, 4.69) is 21.2 Å². The number of anilines is 2. The van der Waals surface area contributed by atoms with Gasteiger partial charge in [0.1, 0.15) is 11.3 Å². The van der Waals surface area contributed by atoms with Crippen LogP contribution in [0.1, 0.15) is 15.9 Å². The van der Waals surface area contributed by atoms with Crippen molar-refractivity contribution >= 4 is 50.8 Å². The van der Waals surface area contributed by atoms with Gasteiger partial charge < -0.3 is 20.5 Å². The molecule has 0 spiro atoms. The molecule has 2 aromatic carbocycles. The lowest BCUT2D eigenvalue weighted by atomic mass is 10.2. The molecule has 0 fully saturated rings. The van der Waals surface area contributed by atoms with Gasteiger partial charge in [-0.05, 0) is 46.6 Å². The standard InChI is InChI=1S/C17H16BrClN2O4/c1-9-3-4-14(11(18)5-9)21-16(22)8-25-17(23)10-6-12(19)13(20)7-15(10)24-2/h3-7H,8,20H2,1-2H3,(H,21,22). The molecule has 0 aromatic heterocycles. The molecule has 6 nitrogen and oxygen atoms in total. The second kappa shape index (κ2) is 8.22. The molecule has 2 rings (SSSR count). The molecule has 0 unspecified atom stereocenters. The molecule has 8 heteroatoms. The number of benzene rings is 2. The molecule has 2 aromatic rings. The number of halogens is 2. The monoisotopic (exact) mass is 426 g/mol. The fraction of sp³-hybridized carbons (Fsp3) is 0.176.